The van der Waals surface area contributed by atoms with Gasteiger partial charge in [0, 0.05) is 42.3 Å². The average molecular weight is 546 g/mol. The summed E-state index contributed by atoms with van der Waals surface area (Å²) in [5.74, 6) is 0.564. The molecule has 0 amide bonds. The highest BCUT2D eigenvalue weighted by molar-refractivity contribution is 9.10. The Hall–Kier alpha value is -2.98. The first-order chi connectivity index (χ1) is 16.8. The van der Waals surface area contributed by atoms with E-state index in [1.165, 1.54) is 12.1 Å². The molecule has 2 aliphatic rings. The van der Waals surface area contributed by atoms with E-state index in [1.54, 1.807) is 4.68 Å². The summed E-state index contributed by atoms with van der Waals surface area (Å²) in [4.78, 5) is 22.1. The first-order valence-corrected chi connectivity index (χ1v) is 12.1. The monoisotopic (exact) mass is 545 g/mol. The highest BCUT2D eigenvalue weighted by atomic mass is 79.9. The number of halogens is 4. The molecule has 0 atom stereocenters. The molecule has 2 aromatic carbocycles. The Morgan fingerprint density at radius 2 is 1.66 bits per heavy atom. The number of H-pyrrole nitrogens is 1. The van der Waals surface area contributed by atoms with E-state index in [4.69, 9.17) is 0 Å². The van der Waals surface area contributed by atoms with Gasteiger partial charge in [-0.1, -0.05) is 40.2 Å². The SMILES string of the molecule is O=c1[nH]c(-c2ccc(Br)cc2)nn1C1CCN(CC2=CN=C(c3ccc(C(F)(F)F)cc3)C2)CC1. The van der Waals surface area contributed by atoms with Crippen LogP contribution in [0.1, 0.15) is 36.4 Å². The second kappa shape index (κ2) is 9.58. The first-order valence-electron chi connectivity index (χ1n) is 11.4. The molecule has 0 aliphatic carbocycles. The summed E-state index contributed by atoms with van der Waals surface area (Å²) in [5, 5.41) is 4.54. The van der Waals surface area contributed by atoms with Gasteiger partial charge < -0.3 is 0 Å². The summed E-state index contributed by atoms with van der Waals surface area (Å²) in [6.07, 6.45) is -0.273. The van der Waals surface area contributed by atoms with Crippen LogP contribution < -0.4 is 5.69 Å². The van der Waals surface area contributed by atoms with E-state index in [2.05, 4.69) is 35.9 Å². The molecule has 3 heterocycles. The van der Waals surface area contributed by atoms with Gasteiger partial charge in [-0.2, -0.15) is 13.2 Å². The summed E-state index contributed by atoms with van der Waals surface area (Å²) in [7, 11) is 0. The van der Waals surface area contributed by atoms with Crippen LogP contribution in [0, 0.1) is 0 Å². The molecule has 0 spiro atoms. The maximum atomic E-state index is 12.8. The standard InChI is InChI=1S/C25H23BrF3N5O/c26-20-7-3-18(4-8-20)23-31-24(35)34(32-23)21-9-11-33(12-10-21)15-16-13-22(30-14-16)17-1-5-19(6-2-17)25(27,28)29/h1-8,14,21H,9-13,15H2,(H,31,32,35). The zero-order valence-corrected chi connectivity index (χ0v) is 20.3. The highest BCUT2D eigenvalue weighted by Gasteiger charge is 2.30. The smallest absolute Gasteiger partial charge is 0.299 e. The van der Waals surface area contributed by atoms with Crippen LogP contribution in [0.25, 0.3) is 11.4 Å². The Morgan fingerprint density at radius 3 is 2.31 bits per heavy atom. The molecular weight excluding hydrogens is 523 g/mol. The van der Waals surface area contributed by atoms with E-state index in [9.17, 15) is 18.0 Å². The van der Waals surface area contributed by atoms with Crippen LogP contribution in [-0.2, 0) is 6.18 Å². The van der Waals surface area contributed by atoms with Gasteiger partial charge in [-0.3, -0.25) is 14.9 Å². The largest absolute Gasteiger partial charge is 0.416 e. The molecule has 1 N–H and O–H groups in total. The Balaban J connectivity index is 1.14. The third-order valence-corrected chi connectivity index (χ3v) is 6.96. The van der Waals surface area contributed by atoms with Gasteiger partial charge in [0.05, 0.1) is 17.3 Å². The van der Waals surface area contributed by atoms with Crippen molar-refractivity contribution >= 4 is 21.6 Å². The second-order valence-corrected chi connectivity index (χ2v) is 9.77. The van der Waals surface area contributed by atoms with Crippen molar-refractivity contribution in [1.82, 2.24) is 19.7 Å². The fourth-order valence-electron chi connectivity index (χ4n) is 4.53. The maximum absolute atomic E-state index is 12.8. The van der Waals surface area contributed by atoms with Crippen molar-refractivity contribution in [2.45, 2.75) is 31.5 Å². The van der Waals surface area contributed by atoms with Gasteiger partial charge in [-0.25, -0.2) is 9.48 Å². The van der Waals surface area contributed by atoms with Crippen LogP contribution in [0.4, 0.5) is 13.2 Å². The predicted octanol–water partition coefficient (Wildman–Crippen LogP) is 5.43. The zero-order valence-electron chi connectivity index (χ0n) is 18.7. The number of likely N-dealkylation sites (tertiary alicyclic amines) is 1. The lowest BCUT2D eigenvalue weighted by atomic mass is 10.0. The van der Waals surface area contributed by atoms with E-state index in [0.717, 1.165) is 65.9 Å². The van der Waals surface area contributed by atoms with E-state index in [0.29, 0.717) is 17.8 Å². The van der Waals surface area contributed by atoms with Crippen LogP contribution in [0.15, 0.2) is 74.6 Å². The van der Waals surface area contributed by atoms with Crippen LogP contribution in [0.3, 0.4) is 0 Å². The molecule has 1 saturated heterocycles. The van der Waals surface area contributed by atoms with E-state index >= 15 is 0 Å². The first kappa shape index (κ1) is 23.7. The summed E-state index contributed by atoms with van der Waals surface area (Å²) >= 11 is 3.41. The van der Waals surface area contributed by atoms with Gasteiger partial charge in [0.15, 0.2) is 5.82 Å². The van der Waals surface area contributed by atoms with Crippen molar-refractivity contribution in [2.75, 3.05) is 19.6 Å². The van der Waals surface area contributed by atoms with Crippen LogP contribution in [0.2, 0.25) is 0 Å². The van der Waals surface area contributed by atoms with Gasteiger partial charge in [-0.05, 0) is 48.2 Å². The Kier molecular flexibility index (Phi) is 6.50. The third-order valence-electron chi connectivity index (χ3n) is 6.43. The van der Waals surface area contributed by atoms with Crippen LogP contribution in [0.5, 0.6) is 0 Å². The molecule has 182 valence electrons. The lowest BCUT2D eigenvalue weighted by Gasteiger charge is -2.31. The molecule has 0 radical (unpaired) electrons. The molecule has 2 aliphatic heterocycles. The Bertz CT molecular complexity index is 1310. The third kappa shape index (κ3) is 5.33. The number of aromatic nitrogens is 3. The molecule has 10 heteroatoms. The van der Waals surface area contributed by atoms with Gasteiger partial charge in [0.2, 0.25) is 0 Å². The molecule has 6 nitrogen and oxygen atoms in total. The number of hydrogen-bond donors (Lipinski definition) is 1. The molecule has 0 unspecified atom stereocenters. The molecule has 0 bridgehead atoms. The molecule has 5 rings (SSSR count). The maximum Gasteiger partial charge on any atom is 0.416 e. The quantitative estimate of drug-likeness (QED) is 0.464. The molecule has 35 heavy (non-hydrogen) atoms. The number of rotatable bonds is 5. The van der Waals surface area contributed by atoms with Gasteiger partial charge in [0.1, 0.15) is 0 Å². The van der Waals surface area contributed by atoms with E-state index in [-0.39, 0.29) is 11.7 Å². The summed E-state index contributed by atoms with van der Waals surface area (Å²) in [5.41, 5.74) is 2.63. The molecule has 3 aromatic rings. The van der Waals surface area contributed by atoms with Gasteiger partial charge in [-0.15, -0.1) is 5.10 Å². The van der Waals surface area contributed by atoms with Crippen molar-refractivity contribution < 1.29 is 13.2 Å². The van der Waals surface area contributed by atoms with E-state index in [1.807, 2.05) is 30.5 Å². The highest BCUT2D eigenvalue weighted by Crippen LogP contribution is 2.30. The predicted molar refractivity (Wildman–Crippen MR) is 131 cm³/mol. The minimum absolute atomic E-state index is 0.0377. The summed E-state index contributed by atoms with van der Waals surface area (Å²) in [6.45, 7) is 2.40. The van der Waals surface area contributed by atoms with Crippen molar-refractivity contribution in [3.05, 3.63) is 86.4 Å². The molecular formula is C25H23BrF3N5O. The average Bonchev–Trinajstić information content (AvgIpc) is 3.46. The van der Waals surface area contributed by atoms with E-state index < -0.39 is 11.7 Å². The fraction of sp³-hybridized carbons (Fsp3) is 0.320. The zero-order chi connectivity index (χ0) is 24.6. The number of alkyl halides is 3. The van der Waals surface area contributed by atoms with Crippen LogP contribution in [-0.4, -0.2) is 45.0 Å². The number of aliphatic imine (C=N–C) groups is 1. The number of nitrogens with zero attached hydrogens (tertiary/aromatic N) is 4. The number of aromatic amines is 1. The number of nitrogens with one attached hydrogen (secondary N) is 1. The topological polar surface area (TPSA) is 66.3 Å². The second-order valence-electron chi connectivity index (χ2n) is 8.85. The minimum Gasteiger partial charge on any atom is -0.299 e. The van der Waals surface area contributed by atoms with Crippen molar-refractivity contribution in [3.8, 4) is 11.4 Å². The number of piperidine rings is 1. The van der Waals surface area contributed by atoms with Crippen LogP contribution >= 0.6 is 15.9 Å². The molecule has 1 aromatic heterocycles. The normalized spacial score (nSPS) is 17.5. The molecule has 0 saturated carbocycles. The fourth-order valence-corrected chi connectivity index (χ4v) is 4.80. The van der Waals surface area contributed by atoms with Crippen molar-refractivity contribution in [2.24, 2.45) is 4.99 Å². The number of benzene rings is 2. The van der Waals surface area contributed by atoms with Crippen molar-refractivity contribution in [1.29, 1.82) is 0 Å². The number of hydrogen-bond acceptors (Lipinski definition) is 4. The lowest BCUT2D eigenvalue weighted by Crippen LogP contribution is -2.38. The molecule has 1 fully saturated rings. The lowest BCUT2D eigenvalue weighted by molar-refractivity contribution is -0.137. The summed E-state index contributed by atoms with van der Waals surface area (Å²) in [6, 6.07) is 12.8. The van der Waals surface area contributed by atoms with Gasteiger partial charge in [0.25, 0.3) is 0 Å². The Morgan fingerprint density at radius 1 is 1.00 bits per heavy atom. The Labute approximate surface area is 208 Å². The minimum atomic E-state index is -4.34. The van der Waals surface area contributed by atoms with Crippen molar-refractivity contribution in [3.63, 3.8) is 0 Å². The van der Waals surface area contributed by atoms with Gasteiger partial charge >= 0.3 is 11.9 Å². The summed E-state index contributed by atoms with van der Waals surface area (Å²) < 4.78 is 40.9.